The van der Waals surface area contributed by atoms with E-state index in [1.807, 2.05) is 6.07 Å². The highest BCUT2D eigenvalue weighted by atomic mass is 35.5. The van der Waals surface area contributed by atoms with Crippen LogP contribution in [0.15, 0.2) is 71.4 Å². The van der Waals surface area contributed by atoms with E-state index in [0.29, 0.717) is 22.3 Å². The molecule has 36 heavy (non-hydrogen) atoms. The Labute approximate surface area is 210 Å². The Morgan fingerprint density at radius 2 is 1.92 bits per heavy atom. The Bertz CT molecular complexity index is 1430. The van der Waals surface area contributed by atoms with Gasteiger partial charge in [-0.05, 0) is 42.8 Å². The number of benzene rings is 3. The Morgan fingerprint density at radius 3 is 2.58 bits per heavy atom. The summed E-state index contributed by atoms with van der Waals surface area (Å²) in [5.41, 5.74) is 1.78. The molecule has 3 aromatic rings. The first-order valence-corrected chi connectivity index (χ1v) is 11.0. The summed E-state index contributed by atoms with van der Waals surface area (Å²) in [6, 6.07) is 16.1. The Balaban J connectivity index is 1.57. The average Bonchev–Trinajstić information content (AvgIpc) is 3.23. The molecular weight excluding hydrogens is 488 g/mol. The van der Waals surface area contributed by atoms with E-state index in [1.54, 1.807) is 37.3 Å². The molecule has 0 unspecified atom stereocenters. The average molecular weight is 507 g/mol. The molecule has 0 radical (unpaired) electrons. The summed E-state index contributed by atoms with van der Waals surface area (Å²) in [5.74, 6) is -0.439. The van der Waals surface area contributed by atoms with E-state index in [4.69, 9.17) is 25.8 Å². The third-order valence-electron chi connectivity index (χ3n) is 5.26. The zero-order valence-corrected chi connectivity index (χ0v) is 19.9. The largest absolute Gasteiger partial charge is 0.493 e. The lowest BCUT2D eigenvalue weighted by atomic mass is 10.1. The number of hydrogen-bond donors (Lipinski definition) is 0. The van der Waals surface area contributed by atoms with Gasteiger partial charge < -0.3 is 14.2 Å². The highest BCUT2D eigenvalue weighted by molar-refractivity contribution is 6.32. The van der Waals surface area contributed by atoms with Gasteiger partial charge >= 0.3 is 5.97 Å². The third kappa shape index (κ3) is 5.26. The number of carbonyl (C=O) groups is 2. The predicted octanol–water partition coefficient (Wildman–Crippen LogP) is 5.17. The first-order chi connectivity index (χ1) is 17.3. The van der Waals surface area contributed by atoms with Crippen LogP contribution >= 0.6 is 11.6 Å². The van der Waals surface area contributed by atoms with Crippen LogP contribution in [0.1, 0.15) is 27.0 Å². The van der Waals surface area contributed by atoms with Crippen LogP contribution < -0.4 is 9.47 Å². The summed E-state index contributed by atoms with van der Waals surface area (Å²) in [5, 5.41) is 11.2. The number of nitro groups is 1. The number of esters is 1. The molecule has 10 heteroatoms. The molecule has 0 saturated heterocycles. The Kier molecular flexibility index (Phi) is 7.12. The highest BCUT2D eigenvalue weighted by Crippen LogP contribution is 2.37. The maximum Gasteiger partial charge on any atom is 0.363 e. The van der Waals surface area contributed by atoms with E-state index in [-0.39, 0.29) is 46.2 Å². The second-order valence-corrected chi connectivity index (χ2v) is 8.11. The molecule has 1 aliphatic heterocycles. The molecule has 0 saturated carbocycles. The van der Waals surface area contributed by atoms with Gasteiger partial charge in [0.25, 0.3) is 5.69 Å². The van der Waals surface area contributed by atoms with Gasteiger partial charge in [0, 0.05) is 22.8 Å². The second-order valence-electron chi connectivity index (χ2n) is 7.71. The van der Waals surface area contributed by atoms with Gasteiger partial charge in [-0.1, -0.05) is 41.9 Å². The van der Waals surface area contributed by atoms with Gasteiger partial charge in [-0.3, -0.25) is 14.9 Å². The third-order valence-corrected chi connectivity index (χ3v) is 5.54. The number of Topliss-reactive ketones (excluding diaryl/α,β-unsaturated/α-hetero) is 1. The number of nitrogens with zero attached hydrogens (tertiary/aromatic N) is 2. The molecule has 1 heterocycles. The standard InChI is InChI=1S/C26H19ClN2O7/c1-15-10-18(8-9-21(15)29(32)33)25-28-20(26(31)36-25)12-16-11-19(27)24(23(13-16)34-2)35-14-22(30)17-6-4-3-5-7-17/h3-13H,14H2,1-2H3/b20-12-. The molecule has 4 rings (SSSR count). The van der Waals surface area contributed by atoms with Crippen molar-refractivity contribution in [1.82, 2.24) is 0 Å². The van der Waals surface area contributed by atoms with Crippen LogP contribution in [0, 0.1) is 17.0 Å². The minimum atomic E-state index is -0.690. The number of nitro benzene ring substituents is 1. The van der Waals surface area contributed by atoms with Crippen LogP contribution in [0.3, 0.4) is 0 Å². The van der Waals surface area contributed by atoms with E-state index in [0.717, 1.165) is 0 Å². The number of ketones is 1. The number of carbonyl (C=O) groups excluding carboxylic acids is 2. The fourth-order valence-electron chi connectivity index (χ4n) is 3.49. The lowest BCUT2D eigenvalue weighted by molar-refractivity contribution is -0.385. The number of halogens is 1. The summed E-state index contributed by atoms with van der Waals surface area (Å²) in [6.45, 7) is 1.34. The predicted molar refractivity (Wildman–Crippen MR) is 133 cm³/mol. The lowest BCUT2D eigenvalue weighted by Crippen LogP contribution is -2.12. The van der Waals surface area contributed by atoms with Gasteiger partial charge in [0.05, 0.1) is 17.1 Å². The molecule has 0 fully saturated rings. The SMILES string of the molecule is COc1cc(/C=C2\N=C(c3ccc([N+](=O)[O-])c(C)c3)OC2=O)cc(Cl)c1OCC(=O)c1ccccc1. The van der Waals surface area contributed by atoms with Crippen LogP contribution in [0.4, 0.5) is 5.69 Å². The summed E-state index contributed by atoms with van der Waals surface area (Å²) in [7, 11) is 1.42. The van der Waals surface area contributed by atoms with E-state index in [9.17, 15) is 19.7 Å². The van der Waals surface area contributed by atoms with Gasteiger partial charge in [0.1, 0.15) is 0 Å². The zero-order valence-electron chi connectivity index (χ0n) is 19.2. The number of methoxy groups -OCH3 is 1. The number of hydrogen-bond acceptors (Lipinski definition) is 8. The van der Waals surface area contributed by atoms with Crippen LogP contribution in [-0.4, -0.2) is 36.3 Å². The molecule has 9 nitrogen and oxygen atoms in total. The maximum atomic E-state index is 12.4. The van der Waals surface area contributed by atoms with Crippen molar-refractivity contribution in [3.8, 4) is 11.5 Å². The first kappa shape index (κ1) is 24.6. The molecular formula is C26H19ClN2O7. The molecule has 182 valence electrons. The van der Waals surface area contributed by atoms with Crippen molar-refractivity contribution in [1.29, 1.82) is 0 Å². The van der Waals surface area contributed by atoms with Crippen molar-refractivity contribution in [2.45, 2.75) is 6.92 Å². The number of cyclic esters (lactones) is 1. The van der Waals surface area contributed by atoms with Gasteiger partial charge in [-0.25, -0.2) is 9.79 Å². The van der Waals surface area contributed by atoms with Crippen molar-refractivity contribution in [3.05, 3.63) is 104 Å². The Morgan fingerprint density at radius 1 is 1.17 bits per heavy atom. The highest BCUT2D eigenvalue weighted by Gasteiger charge is 2.26. The number of ether oxygens (including phenoxy) is 3. The molecule has 1 aliphatic rings. The summed E-state index contributed by atoms with van der Waals surface area (Å²) < 4.78 is 16.3. The molecule has 0 aliphatic carbocycles. The maximum absolute atomic E-state index is 12.4. The quantitative estimate of drug-likeness (QED) is 0.136. The van der Waals surface area contributed by atoms with Crippen molar-refractivity contribution >= 4 is 41.0 Å². The van der Waals surface area contributed by atoms with Crippen molar-refractivity contribution in [2.75, 3.05) is 13.7 Å². The van der Waals surface area contributed by atoms with E-state index < -0.39 is 10.9 Å². The molecule has 0 N–H and O–H groups in total. The minimum absolute atomic E-state index is 0.00653. The van der Waals surface area contributed by atoms with Crippen LogP contribution in [0.25, 0.3) is 6.08 Å². The van der Waals surface area contributed by atoms with Crippen molar-refractivity contribution < 1.29 is 28.7 Å². The van der Waals surface area contributed by atoms with Crippen molar-refractivity contribution in [2.24, 2.45) is 4.99 Å². The molecule has 0 spiro atoms. The fourth-order valence-corrected chi connectivity index (χ4v) is 3.77. The number of aliphatic imine (C=N–C) groups is 1. The van der Waals surface area contributed by atoms with Gasteiger partial charge in [-0.15, -0.1) is 0 Å². The van der Waals surface area contributed by atoms with Crippen LogP contribution in [0.5, 0.6) is 11.5 Å². The number of rotatable bonds is 8. The van der Waals surface area contributed by atoms with E-state index >= 15 is 0 Å². The molecule has 0 atom stereocenters. The molecule has 0 bridgehead atoms. The summed E-state index contributed by atoms with van der Waals surface area (Å²) in [4.78, 5) is 39.5. The molecule has 3 aromatic carbocycles. The zero-order chi connectivity index (χ0) is 25.8. The topological polar surface area (TPSA) is 117 Å². The van der Waals surface area contributed by atoms with Gasteiger partial charge in [0.15, 0.2) is 29.6 Å². The van der Waals surface area contributed by atoms with Gasteiger partial charge in [-0.2, -0.15) is 0 Å². The molecule has 0 aromatic heterocycles. The lowest BCUT2D eigenvalue weighted by Gasteiger charge is -2.13. The Hall–Kier alpha value is -4.50. The van der Waals surface area contributed by atoms with E-state index in [1.165, 1.54) is 37.5 Å². The van der Waals surface area contributed by atoms with E-state index in [2.05, 4.69) is 4.99 Å². The fraction of sp³-hybridized carbons (Fsp3) is 0.115. The van der Waals surface area contributed by atoms with Crippen LogP contribution in [0.2, 0.25) is 5.02 Å². The molecule has 0 amide bonds. The summed E-state index contributed by atoms with van der Waals surface area (Å²) >= 11 is 6.39. The number of aryl methyl sites for hydroxylation is 1. The minimum Gasteiger partial charge on any atom is -0.493 e. The first-order valence-electron chi connectivity index (χ1n) is 10.6. The smallest absolute Gasteiger partial charge is 0.363 e. The van der Waals surface area contributed by atoms with Crippen molar-refractivity contribution in [3.63, 3.8) is 0 Å². The normalized spacial score (nSPS) is 13.8. The van der Waals surface area contributed by atoms with Crippen LogP contribution in [-0.2, 0) is 9.53 Å². The second kappa shape index (κ2) is 10.4. The van der Waals surface area contributed by atoms with Gasteiger partial charge in [0.2, 0.25) is 5.90 Å². The monoisotopic (exact) mass is 506 g/mol. The summed E-state index contributed by atoms with van der Waals surface area (Å²) in [6.07, 6.45) is 1.46.